The Morgan fingerprint density at radius 2 is 1.79 bits per heavy atom. The number of aromatic nitrogens is 1. The minimum Gasteiger partial charge on any atom is -0.319 e. The Hall–Kier alpha value is -2.92. The Kier molecular flexibility index (Phi) is 9.63. The Labute approximate surface area is 199 Å². The Morgan fingerprint density at radius 3 is 2.26 bits per heavy atom. The van der Waals surface area contributed by atoms with Crippen LogP contribution in [-0.4, -0.2) is 17.2 Å². The summed E-state index contributed by atoms with van der Waals surface area (Å²) in [6.45, 7) is 8.39. The van der Waals surface area contributed by atoms with Gasteiger partial charge >= 0.3 is 6.18 Å². The van der Waals surface area contributed by atoms with Gasteiger partial charge in [-0.1, -0.05) is 32.6 Å². The average Bonchev–Trinajstić information content (AvgIpc) is 3.27. The van der Waals surface area contributed by atoms with Gasteiger partial charge in [0.15, 0.2) is 0 Å². The number of hydrazine groups is 1. The Balaban J connectivity index is 0.000000589. The predicted octanol–water partition coefficient (Wildman–Crippen LogP) is 7.36. The lowest BCUT2D eigenvalue weighted by molar-refractivity contribution is -0.150. The highest BCUT2D eigenvalue weighted by molar-refractivity contribution is 5.96. The van der Waals surface area contributed by atoms with Crippen molar-refractivity contribution in [3.63, 3.8) is 0 Å². The minimum atomic E-state index is -4.37. The van der Waals surface area contributed by atoms with E-state index in [1.807, 2.05) is 0 Å². The van der Waals surface area contributed by atoms with Gasteiger partial charge in [0.2, 0.25) is 0 Å². The standard InChI is InChI=1S/C20H20F4N4.C6H12/c1-11-8-18(21)12(2)7-16(11)17(9-25)13(3)19-6-5-15(10-26-19)28-27-14(4)20(22,23)24;1-6-4-2-3-5-6/h5-8,10,14,27-28H,1-4H3;6H,2-5H2,1H3/b17-13+;/t14-;/m0./s1. The third kappa shape index (κ3) is 7.56. The lowest BCUT2D eigenvalue weighted by Crippen LogP contribution is -2.42. The van der Waals surface area contributed by atoms with Crippen LogP contribution in [0, 0.1) is 36.9 Å². The van der Waals surface area contributed by atoms with Crippen LogP contribution in [0.25, 0.3) is 11.1 Å². The molecular weight excluding hydrogens is 444 g/mol. The number of hydrogen-bond donors (Lipinski definition) is 2. The Morgan fingerprint density at radius 1 is 1.15 bits per heavy atom. The minimum absolute atomic E-state index is 0.342. The number of pyridine rings is 1. The van der Waals surface area contributed by atoms with Gasteiger partial charge in [0.1, 0.15) is 17.9 Å². The largest absolute Gasteiger partial charge is 0.405 e. The zero-order chi connectivity index (χ0) is 25.5. The number of benzene rings is 1. The summed E-state index contributed by atoms with van der Waals surface area (Å²) >= 11 is 0. The second kappa shape index (κ2) is 12.0. The molecule has 1 heterocycles. The third-order valence-electron chi connectivity index (χ3n) is 5.98. The molecule has 3 rings (SSSR count). The Bertz CT molecular complexity index is 1030. The van der Waals surface area contributed by atoms with Gasteiger partial charge in [0.25, 0.3) is 0 Å². The van der Waals surface area contributed by atoms with Crippen LogP contribution >= 0.6 is 0 Å². The second-order valence-corrected chi connectivity index (χ2v) is 8.88. The van der Waals surface area contributed by atoms with Crippen molar-refractivity contribution in [1.82, 2.24) is 10.4 Å². The monoisotopic (exact) mass is 476 g/mol. The summed E-state index contributed by atoms with van der Waals surface area (Å²) in [5.74, 6) is 0.704. The summed E-state index contributed by atoms with van der Waals surface area (Å²) in [6.07, 6.45) is 2.95. The van der Waals surface area contributed by atoms with Gasteiger partial charge in [-0.2, -0.15) is 18.4 Å². The highest BCUT2D eigenvalue weighted by Gasteiger charge is 2.35. The quantitative estimate of drug-likeness (QED) is 0.269. The number of rotatable bonds is 5. The molecule has 0 spiro atoms. The van der Waals surface area contributed by atoms with Crippen molar-refractivity contribution >= 4 is 16.8 Å². The van der Waals surface area contributed by atoms with Gasteiger partial charge in [-0.15, -0.1) is 0 Å². The van der Waals surface area contributed by atoms with Crippen molar-refractivity contribution < 1.29 is 17.6 Å². The first-order valence-corrected chi connectivity index (χ1v) is 11.4. The fraction of sp³-hybridized carbons (Fsp3) is 0.462. The van der Waals surface area contributed by atoms with E-state index in [9.17, 15) is 22.8 Å². The van der Waals surface area contributed by atoms with Gasteiger partial charge in [-0.3, -0.25) is 4.98 Å². The number of anilines is 1. The van der Waals surface area contributed by atoms with Gasteiger partial charge in [0, 0.05) is 0 Å². The molecule has 0 aliphatic heterocycles. The van der Waals surface area contributed by atoms with E-state index in [4.69, 9.17) is 0 Å². The molecule has 0 bridgehead atoms. The van der Waals surface area contributed by atoms with Crippen LogP contribution in [0.5, 0.6) is 0 Å². The fourth-order valence-corrected chi connectivity index (χ4v) is 3.62. The molecule has 8 heteroatoms. The lowest BCUT2D eigenvalue weighted by Gasteiger charge is -2.18. The van der Waals surface area contributed by atoms with E-state index in [-0.39, 0.29) is 5.82 Å². The zero-order valence-electron chi connectivity index (χ0n) is 20.3. The van der Waals surface area contributed by atoms with Crippen LogP contribution in [0.4, 0.5) is 23.2 Å². The molecule has 0 radical (unpaired) electrons. The molecule has 1 aliphatic rings. The first kappa shape index (κ1) is 27.3. The number of hydrogen-bond acceptors (Lipinski definition) is 4. The summed E-state index contributed by atoms with van der Waals surface area (Å²) in [4.78, 5) is 4.22. The van der Waals surface area contributed by atoms with E-state index >= 15 is 0 Å². The van der Waals surface area contributed by atoms with E-state index in [1.165, 1.54) is 37.9 Å². The SMILES string of the molecule is C/C(=C(/C#N)c1cc(C)c(F)cc1C)c1ccc(NN[C@@H](C)C(F)(F)F)cn1.CC1CCCC1. The van der Waals surface area contributed by atoms with Crippen LogP contribution < -0.4 is 10.9 Å². The smallest absolute Gasteiger partial charge is 0.319 e. The summed E-state index contributed by atoms with van der Waals surface area (Å²) in [7, 11) is 0. The predicted molar refractivity (Wildman–Crippen MR) is 128 cm³/mol. The molecule has 1 saturated carbocycles. The van der Waals surface area contributed by atoms with Crippen molar-refractivity contribution in [2.45, 2.75) is 72.5 Å². The number of allylic oxidation sites excluding steroid dienone is 2. The topological polar surface area (TPSA) is 60.7 Å². The van der Waals surface area contributed by atoms with Crippen LogP contribution in [0.2, 0.25) is 0 Å². The highest BCUT2D eigenvalue weighted by Crippen LogP contribution is 2.29. The van der Waals surface area contributed by atoms with E-state index in [0.29, 0.717) is 39.2 Å². The summed E-state index contributed by atoms with van der Waals surface area (Å²) < 4.78 is 51.3. The van der Waals surface area contributed by atoms with E-state index in [1.54, 1.807) is 39.0 Å². The van der Waals surface area contributed by atoms with Crippen molar-refractivity contribution in [2.24, 2.45) is 5.92 Å². The molecule has 0 saturated heterocycles. The normalized spacial score (nSPS) is 15.6. The van der Waals surface area contributed by atoms with Gasteiger partial charge in [0.05, 0.1) is 23.2 Å². The molecule has 4 nitrogen and oxygen atoms in total. The van der Waals surface area contributed by atoms with Crippen molar-refractivity contribution in [3.8, 4) is 6.07 Å². The van der Waals surface area contributed by atoms with E-state index in [2.05, 4.69) is 28.8 Å². The summed E-state index contributed by atoms with van der Waals surface area (Å²) in [5.41, 5.74) is 8.06. The van der Waals surface area contributed by atoms with Gasteiger partial charge < -0.3 is 5.43 Å². The first-order chi connectivity index (χ1) is 15.9. The highest BCUT2D eigenvalue weighted by atomic mass is 19.4. The molecular formula is C26H32F4N4. The maximum Gasteiger partial charge on any atom is 0.405 e. The first-order valence-electron chi connectivity index (χ1n) is 11.4. The third-order valence-corrected chi connectivity index (χ3v) is 5.98. The molecule has 0 amide bonds. The molecule has 1 aromatic heterocycles. The van der Waals surface area contributed by atoms with E-state index < -0.39 is 12.2 Å². The summed E-state index contributed by atoms with van der Waals surface area (Å²) in [6, 6.07) is 6.55. The van der Waals surface area contributed by atoms with Crippen LogP contribution in [-0.2, 0) is 0 Å². The van der Waals surface area contributed by atoms with Crippen LogP contribution in [0.15, 0.2) is 30.5 Å². The van der Waals surface area contributed by atoms with Crippen molar-refractivity contribution in [2.75, 3.05) is 5.43 Å². The number of nitrogens with zero attached hydrogens (tertiary/aromatic N) is 2. The number of nitriles is 1. The molecule has 1 aromatic carbocycles. The van der Waals surface area contributed by atoms with Gasteiger partial charge in [-0.05, 0) is 80.1 Å². The summed E-state index contributed by atoms with van der Waals surface area (Å²) in [5, 5.41) is 9.61. The molecule has 184 valence electrons. The average molecular weight is 477 g/mol. The van der Waals surface area contributed by atoms with Crippen LogP contribution in [0.1, 0.15) is 68.8 Å². The zero-order valence-corrected chi connectivity index (χ0v) is 20.3. The lowest BCUT2D eigenvalue weighted by atomic mass is 9.94. The number of aryl methyl sites for hydroxylation is 2. The van der Waals surface area contributed by atoms with E-state index in [0.717, 1.165) is 12.8 Å². The number of nitrogens with one attached hydrogen (secondary N) is 2. The number of halogens is 4. The molecule has 1 aliphatic carbocycles. The molecule has 2 aromatic rings. The maximum atomic E-state index is 13.7. The molecule has 1 atom stereocenters. The maximum absolute atomic E-state index is 13.7. The number of alkyl halides is 3. The molecule has 1 fully saturated rings. The van der Waals surface area contributed by atoms with Crippen molar-refractivity contribution in [3.05, 3.63) is 58.7 Å². The molecule has 0 unspecified atom stereocenters. The second-order valence-electron chi connectivity index (χ2n) is 8.88. The molecule has 2 N–H and O–H groups in total. The van der Waals surface area contributed by atoms with Crippen LogP contribution in [0.3, 0.4) is 0 Å². The van der Waals surface area contributed by atoms with Gasteiger partial charge in [-0.25, -0.2) is 9.82 Å². The fourth-order valence-electron chi connectivity index (χ4n) is 3.62. The van der Waals surface area contributed by atoms with Crippen molar-refractivity contribution in [1.29, 1.82) is 5.26 Å². The molecule has 34 heavy (non-hydrogen) atoms.